The summed E-state index contributed by atoms with van der Waals surface area (Å²) in [6.45, 7) is 0. The first-order chi connectivity index (χ1) is 8.25. The summed E-state index contributed by atoms with van der Waals surface area (Å²) in [5.41, 5.74) is -1.26. The van der Waals surface area contributed by atoms with Crippen LogP contribution in [0.3, 0.4) is 0 Å². The molecule has 0 radical (unpaired) electrons. The average Bonchev–Trinajstić information content (AvgIpc) is 2.26. The summed E-state index contributed by atoms with van der Waals surface area (Å²) >= 11 is 0. The van der Waals surface area contributed by atoms with Crippen molar-refractivity contribution in [3.05, 3.63) is 35.4 Å². The molecule has 1 atom stereocenters. The minimum absolute atomic E-state index is 0.116. The van der Waals surface area contributed by atoms with E-state index in [0.29, 0.717) is 6.08 Å². The first-order valence-corrected chi connectivity index (χ1v) is 4.76. The molecule has 1 aliphatic heterocycles. The third kappa shape index (κ3) is 1.72. The summed E-state index contributed by atoms with van der Waals surface area (Å²) in [6.07, 6.45) is -4.62. The number of carbonyl (C=O) groups excluding carboxylic acids is 1. The average molecular weight is 259 g/mol. The summed E-state index contributed by atoms with van der Waals surface area (Å²) in [6, 6.07) is 5.43. The SMILES string of the molecule is O=C([O-])C1=Cc2ccccc2OC1(O)C(F)(F)F. The summed E-state index contributed by atoms with van der Waals surface area (Å²) in [7, 11) is 0. The van der Waals surface area contributed by atoms with Crippen LogP contribution in [0.1, 0.15) is 5.56 Å². The third-order valence-corrected chi connectivity index (χ3v) is 2.45. The Hall–Kier alpha value is -2.02. The smallest absolute Gasteiger partial charge is 0.460 e. The van der Waals surface area contributed by atoms with Gasteiger partial charge >= 0.3 is 12.0 Å². The quantitative estimate of drug-likeness (QED) is 0.795. The molecular weight excluding hydrogens is 253 g/mol. The van der Waals surface area contributed by atoms with E-state index < -0.39 is 23.5 Å². The Bertz CT molecular complexity index is 535. The first kappa shape index (κ1) is 12.4. The van der Waals surface area contributed by atoms with E-state index in [1.54, 1.807) is 0 Å². The lowest BCUT2D eigenvalue weighted by molar-refractivity contribution is -0.334. The number of aliphatic carboxylic acids is 1. The fraction of sp³-hybridized carbons (Fsp3) is 0.182. The number of para-hydroxylation sites is 1. The van der Waals surface area contributed by atoms with Crippen molar-refractivity contribution in [2.24, 2.45) is 0 Å². The molecule has 1 aromatic rings. The number of halogens is 3. The van der Waals surface area contributed by atoms with Gasteiger partial charge in [0.1, 0.15) is 5.75 Å². The van der Waals surface area contributed by atoms with Crippen molar-refractivity contribution < 1.29 is 32.9 Å². The molecule has 0 fully saturated rings. The van der Waals surface area contributed by atoms with Gasteiger partial charge < -0.3 is 19.7 Å². The van der Waals surface area contributed by atoms with E-state index in [-0.39, 0.29) is 11.3 Å². The maximum atomic E-state index is 12.7. The Morgan fingerprint density at radius 3 is 2.50 bits per heavy atom. The van der Waals surface area contributed by atoms with Crippen LogP contribution in [0, 0.1) is 0 Å². The van der Waals surface area contributed by atoms with Crippen LogP contribution < -0.4 is 9.84 Å². The zero-order valence-electron chi connectivity index (χ0n) is 8.69. The molecule has 18 heavy (non-hydrogen) atoms. The van der Waals surface area contributed by atoms with Crippen molar-refractivity contribution in [1.82, 2.24) is 0 Å². The lowest BCUT2D eigenvalue weighted by Crippen LogP contribution is -2.56. The summed E-state index contributed by atoms with van der Waals surface area (Å²) < 4.78 is 42.6. The summed E-state index contributed by atoms with van der Waals surface area (Å²) in [5, 5.41) is 20.2. The number of ether oxygens (including phenoxy) is 1. The minimum Gasteiger partial charge on any atom is -0.545 e. The second-order valence-corrected chi connectivity index (χ2v) is 3.63. The fourth-order valence-corrected chi connectivity index (χ4v) is 1.57. The van der Waals surface area contributed by atoms with Gasteiger partial charge in [-0.2, -0.15) is 13.2 Å². The molecule has 0 amide bonds. The van der Waals surface area contributed by atoms with Crippen LogP contribution in [0.15, 0.2) is 29.8 Å². The van der Waals surface area contributed by atoms with Gasteiger partial charge in [-0.25, -0.2) is 0 Å². The molecule has 96 valence electrons. The molecular formula is C11H6F3O4-. The molecule has 1 aromatic carbocycles. The van der Waals surface area contributed by atoms with Crippen LogP contribution in [0.5, 0.6) is 5.75 Å². The highest BCUT2D eigenvalue weighted by atomic mass is 19.4. The minimum atomic E-state index is -5.30. The fourth-order valence-electron chi connectivity index (χ4n) is 1.57. The third-order valence-electron chi connectivity index (χ3n) is 2.45. The molecule has 1 N–H and O–H groups in total. The van der Waals surface area contributed by atoms with Crippen LogP contribution in [0.2, 0.25) is 0 Å². The molecule has 2 rings (SSSR count). The predicted octanol–water partition coefficient (Wildman–Crippen LogP) is 0.463. The van der Waals surface area contributed by atoms with E-state index in [2.05, 4.69) is 4.74 Å². The van der Waals surface area contributed by atoms with Crippen molar-refractivity contribution in [3.63, 3.8) is 0 Å². The number of fused-ring (bicyclic) bond motifs is 1. The van der Waals surface area contributed by atoms with E-state index in [9.17, 15) is 28.2 Å². The second kappa shape index (κ2) is 3.74. The van der Waals surface area contributed by atoms with Crippen molar-refractivity contribution in [3.8, 4) is 5.75 Å². The Balaban J connectivity index is 2.63. The van der Waals surface area contributed by atoms with Crippen molar-refractivity contribution in [2.45, 2.75) is 12.0 Å². The number of carboxylic acid groups (broad SMARTS) is 1. The molecule has 1 unspecified atom stereocenters. The lowest BCUT2D eigenvalue weighted by atomic mass is 9.98. The van der Waals surface area contributed by atoms with Crippen molar-refractivity contribution >= 4 is 12.0 Å². The van der Waals surface area contributed by atoms with Gasteiger partial charge in [-0.1, -0.05) is 18.2 Å². The van der Waals surface area contributed by atoms with Crippen LogP contribution in [0.4, 0.5) is 13.2 Å². The van der Waals surface area contributed by atoms with Crippen LogP contribution in [-0.4, -0.2) is 23.0 Å². The van der Waals surface area contributed by atoms with Crippen LogP contribution >= 0.6 is 0 Å². The van der Waals surface area contributed by atoms with Crippen LogP contribution in [0.25, 0.3) is 6.08 Å². The first-order valence-electron chi connectivity index (χ1n) is 4.76. The Morgan fingerprint density at radius 2 is 1.94 bits per heavy atom. The number of carbonyl (C=O) groups is 1. The molecule has 4 nitrogen and oxygen atoms in total. The lowest BCUT2D eigenvalue weighted by Gasteiger charge is -2.36. The van der Waals surface area contributed by atoms with Crippen molar-refractivity contribution in [2.75, 3.05) is 0 Å². The predicted molar refractivity (Wildman–Crippen MR) is 51.1 cm³/mol. The number of carboxylic acids is 1. The van der Waals surface area contributed by atoms with E-state index >= 15 is 0 Å². The highest BCUT2D eigenvalue weighted by molar-refractivity contribution is 5.94. The van der Waals surface area contributed by atoms with Gasteiger partial charge in [0, 0.05) is 5.56 Å². The molecule has 0 aromatic heterocycles. The Labute approximate surface area is 98.9 Å². The van der Waals surface area contributed by atoms with E-state index in [0.717, 1.165) is 0 Å². The van der Waals surface area contributed by atoms with Crippen LogP contribution in [-0.2, 0) is 4.79 Å². The topological polar surface area (TPSA) is 69.6 Å². The number of hydrogen-bond acceptors (Lipinski definition) is 4. The zero-order chi connectivity index (χ0) is 13.6. The van der Waals surface area contributed by atoms with E-state index in [1.165, 1.54) is 24.3 Å². The molecule has 1 heterocycles. The Kier molecular flexibility index (Phi) is 2.58. The molecule has 1 aliphatic rings. The maximum Gasteiger partial charge on any atom is 0.460 e. The number of hydrogen-bond donors (Lipinski definition) is 1. The van der Waals surface area contributed by atoms with Crippen molar-refractivity contribution in [1.29, 1.82) is 0 Å². The second-order valence-electron chi connectivity index (χ2n) is 3.63. The van der Waals surface area contributed by atoms with Gasteiger partial charge in [-0.3, -0.25) is 0 Å². The number of rotatable bonds is 1. The Morgan fingerprint density at radius 1 is 1.33 bits per heavy atom. The van der Waals surface area contributed by atoms with Gasteiger partial charge in [-0.15, -0.1) is 0 Å². The monoisotopic (exact) mass is 259 g/mol. The molecule has 0 saturated heterocycles. The summed E-state index contributed by atoms with van der Waals surface area (Å²) in [4.78, 5) is 10.7. The van der Waals surface area contributed by atoms with E-state index in [1.807, 2.05) is 0 Å². The molecule has 0 aliphatic carbocycles. The standard InChI is InChI=1S/C11H7F3O4/c12-11(13,14)10(17)7(9(15)16)5-6-3-1-2-4-8(6)18-10/h1-5,17H,(H,15,16)/p-1. The largest absolute Gasteiger partial charge is 0.545 e. The maximum absolute atomic E-state index is 12.7. The van der Waals surface area contributed by atoms with Gasteiger partial charge in [0.2, 0.25) is 0 Å². The molecule has 0 spiro atoms. The number of aliphatic hydroxyl groups is 1. The molecule has 7 heteroatoms. The van der Waals surface area contributed by atoms with Gasteiger partial charge in [0.05, 0.1) is 11.5 Å². The molecule has 0 saturated carbocycles. The van der Waals surface area contributed by atoms with Gasteiger partial charge in [0.15, 0.2) is 0 Å². The van der Waals surface area contributed by atoms with Gasteiger partial charge in [-0.05, 0) is 12.1 Å². The molecule has 0 bridgehead atoms. The number of benzene rings is 1. The highest BCUT2D eigenvalue weighted by Crippen LogP contribution is 2.43. The number of alkyl halides is 3. The summed E-state index contributed by atoms with van der Waals surface area (Å²) in [5.74, 6) is -6.31. The zero-order valence-corrected chi connectivity index (χ0v) is 8.69. The normalized spacial score (nSPS) is 22.8. The van der Waals surface area contributed by atoms with Gasteiger partial charge in [0.25, 0.3) is 0 Å². The highest BCUT2D eigenvalue weighted by Gasteiger charge is 2.61. The van der Waals surface area contributed by atoms with E-state index in [4.69, 9.17) is 0 Å².